The van der Waals surface area contributed by atoms with E-state index in [0.29, 0.717) is 0 Å². The maximum absolute atomic E-state index is 2.49. The largest absolute Gasteiger partial charge is 0.330 e. The van der Waals surface area contributed by atoms with E-state index in [1.807, 2.05) is 0 Å². The number of para-hydroxylation sites is 2. The van der Waals surface area contributed by atoms with Crippen LogP contribution in [0.2, 0.25) is 0 Å². The quantitative estimate of drug-likeness (QED) is 0.493. The van der Waals surface area contributed by atoms with Crippen LogP contribution in [0.1, 0.15) is 19.8 Å². The van der Waals surface area contributed by atoms with Gasteiger partial charge in [0, 0.05) is 29.8 Å². The van der Waals surface area contributed by atoms with E-state index in [9.17, 15) is 0 Å². The van der Waals surface area contributed by atoms with Crippen LogP contribution in [0.5, 0.6) is 0 Å². The molecule has 0 saturated heterocycles. The average molecular weight is 276 g/mol. The van der Waals surface area contributed by atoms with E-state index in [2.05, 4.69) is 71.6 Å². The van der Waals surface area contributed by atoms with Crippen molar-refractivity contribution < 1.29 is 0 Å². The predicted octanol–water partition coefficient (Wildman–Crippen LogP) is 5.09. The van der Waals surface area contributed by atoms with Crippen molar-refractivity contribution >= 4 is 32.8 Å². The van der Waals surface area contributed by atoms with Crippen LogP contribution in [0.25, 0.3) is 32.8 Å². The molecule has 0 fully saturated rings. The summed E-state index contributed by atoms with van der Waals surface area (Å²) >= 11 is 0. The minimum atomic E-state index is 1.09. The third kappa shape index (κ3) is 1.65. The molecule has 0 aliphatic heterocycles. The van der Waals surface area contributed by atoms with Crippen LogP contribution in [0.3, 0.4) is 0 Å². The zero-order valence-corrected chi connectivity index (χ0v) is 12.6. The zero-order chi connectivity index (χ0) is 14.4. The molecule has 2 heterocycles. The lowest BCUT2D eigenvalue weighted by Gasteiger charge is -2.08. The van der Waals surface area contributed by atoms with Crippen LogP contribution in [0, 0.1) is 0 Å². The number of rotatable bonds is 3. The highest BCUT2D eigenvalue weighted by atomic mass is 15.1. The molecule has 0 bridgehead atoms. The lowest BCUT2D eigenvalue weighted by Crippen LogP contribution is -2.01. The van der Waals surface area contributed by atoms with Crippen molar-refractivity contribution in [2.75, 3.05) is 0 Å². The van der Waals surface area contributed by atoms with Gasteiger partial charge in [0.25, 0.3) is 0 Å². The number of hydrogen-bond acceptors (Lipinski definition) is 0. The van der Waals surface area contributed by atoms with E-state index >= 15 is 0 Å². The topological polar surface area (TPSA) is 9.86 Å². The van der Waals surface area contributed by atoms with Gasteiger partial charge in [0.15, 0.2) is 0 Å². The van der Waals surface area contributed by atoms with E-state index < -0.39 is 0 Å². The Morgan fingerprint density at radius 1 is 0.857 bits per heavy atom. The van der Waals surface area contributed by atoms with Crippen molar-refractivity contribution in [1.82, 2.24) is 9.13 Å². The zero-order valence-electron chi connectivity index (χ0n) is 12.6. The van der Waals surface area contributed by atoms with Gasteiger partial charge in [-0.25, -0.2) is 0 Å². The number of unbranched alkanes of at least 4 members (excludes halogenated alkanes) is 1. The molecule has 0 aliphatic carbocycles. The van der Waals surface area contributed by atoms with Crippen LogP contribution in [0.4, 0.5) is 0 Å². The van der Waals surface area contributed by atoms with Gasteiger partial charge in [-0.15, -0.1) is 0 Å². The van der Waals surface area contributed by atoms with Crippen molar-refractivity contribution in [3.05, 3.63) is 48.5 Å². The summed E-state index contributed by atoms with van der Waals surface area (Å²) in [6.07, 6.45) is 2.44. The summed E-state index contributed by atoms with van der Waals surface area (Å²) in [4.78, 5) is 0. The molecule has 0 saturated carbocycles. The number of hydrogen-bond donors (Lipinski definition) is 0. The average Bonchev–Trinajstić information content (AvgIpc) is 3.00. The predicted molar refractivity (Wildman–Crippen MR) is 90.8 cm³/mol. The Morgan fingerprint density at radius 2 is 1.48 bits per heavy atom. The van der Waals surface area contributed by atoms with Gasteiger partial charge in [0.05, 0.1) is 11.0 Å². The van der Waals surface area contributed by atoms with E-state index in [1.54, 1.807) is 0 Å². The Hall–Kier alpha value is -2.22. The van der Waals surface area contributed by atoms with Crippen molar-refractivity contribution in [3.63, 3.8) is 0 Å². The number of benzene rings is 2. The molecule has 2 aromatic carbocycles. The van der Waals surface area contributed by atoms with E-state index in [0.717, 1.165) is 6.54 Å². The highest BCUT2D eigenvalue weighted by Crippen LogP contribution is 2.36. The third-order valence-electron chi connectivity index (χ3n) is 4.53. The standard InChI is InChI=1S/C19H20N2/c1-3-4-13-21-17-12-8-6-10-15(17)18-14-9-5-7-11-16(14)20(2)19(18)21/h5-12H,3-4,13H2,1-2H3. The number of aryl methyl sites for hydroxylation is 2. The molecule has 2 heteroatoms. The first-order valence-electron chi connectivity index (χ1n) is 7.77. The first-order chi connectivity index (χ1) is 10.3. The monoisotopic (exact) mass is 276 g/mol. The molecule has 4 rings (SSSR count). The highest BCUT2D eigenvalue weighted by Gasteiger charge is 2.17. The first-order valence-corrected chi connectivity index (χ1v) is 7.77. The second kappa shape index (κ2) is 4.66. The fourth-order valence-corrected chi connectivity index (χ4v) is 3.54. The van der Waals surface area contributed by atoms with Gasteiger partial charge in [0.2, 0.25) is 0 Å². The Balaban J connectivity index is 2.22. The van der Waals surface area contributed by atoms with E-state index in [1.165, 1.54) is 45.7 Å². The number of nitrogens with zero attached hydrogens (tertiary/aromatic N) is 2. The number of fused-ring (bicyclic) bond motifs is 5. The Bertz CT molecular complexity index is 940. The summed E-state index contributed by atoms with van der Waals surface area (Å²) in [5.74, 6) is 0. The summed E-state index contributed by atoms with van der Waals surface area (Å²) < 4.78 is 4.84. The van der Waals surface area contributed by atoms with Crippen molar-refractivity contribution in [3.8, 4) is 0 Å². The van der Waals surface area contributed by atoms with Crippen molar-refractivity contribution in [2.24, 2.45) is 7.05 Å². The molecular formula is C19H20N2. The smallest absolute Gasteiger partial charge is 0.122 e. The lowest BCUT2D eigenvalue weighted by molar-refractivity contribution is 0.655. The summed E-state index contributed by atoms with van der Waals surface area (Å²) in [5, 5.41) is 4.14. The summed E-state index contributed by atoms with van der Waals surface area (Å²) in [6.45, 7) is 3.34. The van der Waals surface area contributed by atoms with Crippen LogP contribution in [-0.4, -0.2) is 9.13 Å². The maximum atomic E-state index is 2.49. The van der Waals surface area contributed by atoms with Crippen LogP contribution >= 0.6 is 0 Å². The third-order valence-corrected chi connectivity index (χ3v) is 4.53. The second-order valence-corrected chi connectivity index (χ2v) is 5.80. The summed E-state index contributed by atoms with van der Waals surface area (Å²) in [7, 11) is 2.19. The Labute approximate surface area is 124 Å². The van der Waals surface area contributed by atoms with Crippen molar-refractivity contribution in [1.29, 1.82) is 0 Å². The Morgan fingerprint density at radius 3 is 2.19 bits per heavy atom. The van der Waals surface area contributed by atoms with E-state index in [4.69, 9.17) is 0 Å². The summed E-state index contributed by atoms with van der Waals surface area (Å²) in [5.41, 5.74) is 4.03. The van der Waals surface area contributed by atoms with Crippen molar-refractivity contribution in [2.45, 2.75) is 26.3 Å². The van der Waals surface area contributed by atoms with Crippen LogP contribution < -0.4 is 0 Å². The molecule has 0 atom stereocenters. The SMILES string of the molecule is CCCCn1c2ccccc2c2c3ccccc3n(C)c21. The molecule has 0 N–H and O–H groups in total. The van der Waals surface area contributed by atoms with Gasteiger partial charge in [-0.3, -0.25) is 0 Å². The fourth-order valence-electron chi connectivity index (χ4n) is 3.54. The minimum absolute atomic E-state index is 1.09. The molecule has 0 unspecified atom stereocenters. The maximum Gasteiger partial charge on any atom is 0.122 e. The molecule has 4 aromatic rings. The molecule has 2 nitrogen and oxygen atoms in total. The molecule has 0 amide bonds. The fraction of sp³-hybridized carbons (Fsp3) is 0.263. The second-order valence-electron chi connectivity index (χ2n) is 5.80. The lowest BCUT2D eigenvalue weighted by atomic mass is 10.1. The van der Waals surface area contributed by atoms with Crippen LogP contribution in [0.15, 0.2) is 48.5 Å². The molecule has 0 aliphatic rings. The van der Waals surface area contributed by atoms with Gasteiger partial charge in [-0.1, -0.05) is 49.7 Å². The molecule has 0 spiro atoms. The number of aromatic nitrogens is 2. The van der Waals surface area contributed by atoms with Gasteiger partial charge in [0.1, 0.15) is 5.65 Å². The van der Waals surface area contributed by atoms with Gasteiger partial charge < -0.3 is 9.13 Å². The van der Waals surface area contributed by atoms with Gasteiger partial charge in [-0.05, 0) is 18.6 Å². The molecule has 0 radical (unpaired) electrons. The molecular weight excluding hydrogens is 256 g/mol. The molecule has 21 heavy (non-hydrogen) atoms. The molecule has 106 valence electrons. The molecule has 2 aromatic heterocycles. The van der Waals surface area contributed by atoms with Crippen LogP contribution in [-0.2, 0) is 13.6 Å². The van der Waals surface area contributed by atoms with Gasteiger partial charge in [-0.2, -0.15) is 0 Å². The van der Waals surface area contributed by atoms with Gasteiger partial charge >= 0.3 is 0 Å². The minimum Gasteiger partial charge on any atom is -0.330 e. The van der Waals surface area contributed by atoms with E-state index in [-0.39, 0.29) is 0 Å². The first kappa shape index (κ1) is 12.5. The Kier molecular flexibility index (Phi) is 2.78. The summed E-state index contributed by atoms with van der Waals surface area (Å²) in [6, 6.07) is 17.5. The normalized spacial score (nSPS) is 11.9. The highest BCUT2D eigenvalue weighted by molar-refractivity contribution is 6.21.